The molecule has 0 aliphatic carbocycles. The van der Waals surface area contributed by atoms with E-state index in [1.807, 2.05) is 31.2 Å². The van der Waals surface area contributed by atoms with E-state index in [4.69, 9.17) is 14.2 Å². The number of carbonyl (C=O) groups is 2. The number of carbonyl (C=O) groups excluding carboxylic acids is 2. The summed E-state index contributed by atoms with van der Waals surface area (Å²) in [4.78, 5) is 30.4. The zero-order chi connectivity index (χ0) is 24.4. The summed E-state index contributed by atoms with van der Waals surface area (Å²) in [6.07, 6.45) is 2.28. The van der Waals surface area contributed by atoms with E-state index >= 15 is 0 Å². The van der Waals surface area contributed by atoms with E-state index in [9.17, 15) is 14.7 Å². The maximum Gasteiger partial charge on any atom is 0.295 e. The fraction of sp³-hybridized carbons (Fsp3) is 0.407. The van der Waals surface area contributed by atoms with Gasteiger partial charge in [0.1, 0.15) is 24.7 Å². The summed E-state index contributed by atoms with van der Waals surface area (Å²) >= 11 is 0. The van der Waals surface area contributed by atoms with Crippen LogP contribution in [-0.4, -0.2) is 72.6 Å². The number of aliphatic hydroxyl groups excluding tert-OH is 1. The SMILES string of the molecule is CCOc1cccc(C2/C(=C(\O)c3ccc4c(c3)OCCO4)C(=O)C(=O)N2CCN2CCCC2)c1. The van der Waals surface area contributed by atoms with Gasteiger partial charge < -0.3 is 29.1 Å². The molecule has 2 aromatic carbocycles. The van der Waals surface area contributed by atoms with Crippen LogP contribution in [0.1, 0.15) is 36.9 Å². The molecule has 2 saturated heterocycles. The molecule has 1 amide bonds. The predicted molar refractivity (Wildman–Crippen MR) is 130 cm³/mol. The third kappa shape index (κ3) is 4.58. The Morgan fingerprint density at radius 1 is 1.03 bits per heavy atom. The first kappa shape index (κ1) is 23.2. The monoisotopic (exact) mass is 478 g/mol. The van der Waals surface area contributed by atoms with Crippen molar-refractivity contribution in [2.45, 2.75) is 25.8 Å². The highest BCUT2D eigenvalue weighted by Gasteiger charge is 2.46. The van der Waals surface area contributed by atoms with Crippen molar-refractivity contribution in [3.8, 4) is 17.2 Å². The van der Waals surface area contributed by atoms with Crippen LogP contribution in [0.2, 0.25) is 0 Å². The molecule has 184 valence electrons. The Bertz CT molecular complexity index is 1150. The molecule has 0 aromatic heterocycles. The minimum absolute atomic E-state index is 0.0711. The molecular weight excluding hydrogens is 448 g/mol. The number of likely N-dealkylation sites (tertiary alicyclic amines) is 2. The van der Waals surface area contributed by atoms with Gasteiger partial charge in [-0.15, -0.1) is 0 Å². The summed E-state index contributed by atoms with van der Waals surface area (Å²) < 4.78 is 16.9. The number of ether oxygens (including phenoxy) is 3. The molecule has 8 nitrogen and oxygen atoms in total. The summed E-state index contributed by atoms with van der Waals surface area (Å²) in [6.45, 7) is 6.31. The highest BCUT2D eigenvalue weighted by molar-refractivity contribution is 6.46. The highest BCUT2D eigenvalue weighted by Crippen LogP contribution is 2.41. The van der Waals surface area contributed by atoms with Gasteiger partial charge in [0.25, 0.3) is 11.7 Å². The molecule has 2 aromatic rings. The maximum absolute atomic E-state index is 13.3. The number of Topliss-reactive ketones (excluding diaryl/α,β-unsaturated/α-hetero) is 1. The number of amides is 1. The number of benzene rings is 2. The molecule has 1 atom stereocenters. The lowest BCUT2D eigenvalue weighted by Crippen LogP contribution is -2.37. The summed E-state index contributed by atoms with van der Waals surface area (Å²) in [5.74, 6) is 0.212. The van der Waals surface area contributed by atoms with Gasteiger partial charge in [0, 0.05) is 18.7 Å². The van der Waals surface area contributed by atoms with Crippen molar-refractivity contribution < 1.29 is 28.9 Å². The summed E-state index contributed by atoms with van der Waals surface area (Å²) in [5, 5.41) is 11.4. The van der Waals surface area contributed by atoms with Crippen molar-refractivity contribution >= 4 is 17.4 Å². The van der Waals surface area contributed by atoms with E-state index in [-0.39, 0.29) is 11.3 Å². The summed E-state index contributed by atoms with van der Waals surface area (Å²) in [7, 11) is 0. The van der Waals surface area contributed by atoms with Crippen LogP contribution in [0.4, 0.5) is 0 Å². The van der Waals surface area contributed by atoms with E-state index in [0.29, 0.717) is 55.7 Å². The second-order valence-electron chi connectivity index (χ2n) is 8.91. The smallest absolute Gasteiger partial charge is 0.295 e. The molecule has 35 heavy (non-hydrogen) atoms. The average Bonchev–Trinajstić information content (AvgIpc) is 3.49. The molecule has 2 fully saturated rings. The van der Waals surface area contributed by atoms with Crippen LogP contribution in [-0.2, 0) is 9.59 Å². The van der Waals surface area contributed by atoms with Gasteiger partial charge in [0.05, 0.1) is 18.2 Å². The van der Waals surface area contributed by atoms with Crippen molar-refractivity contribution in [3.05, 3.63) is 59.2 Å². The number of rotatable bonds is 7. The van der Waals surface area contributed by atoms with Crippen LogP contribution in [0.3, 0.4) is 0 Å². The fourth-order valence-corrected chi connectivity index (χ4v) is 5.00. The van der Waals surface area contributed by atoms with Crippen molar-refractivity contribution in [1.82, 2.24) is 9.80 Å². The van der Waals surface area contributed by atoms with Crippen LogP contribution < -0.4 is 14.2 Å². The van der Waals surface area contributed by atoms with E-state index in [2.05, 4.69) is 4.90 Å². The molecular formula is C27H30N2O6. The van der Waals surface area contributed by atoms with Crippen molar-refractivity contribution in [2.75, 3.05) is 46.0 Å². The van der Waals surface area contributed by atoms with Gasteiger partial charge in [0.15, 0.2) is 11.5 Å². The van der Waals surface area contributed by atoms with Crippen LogP contribution in [0.15, 0.2) is 48.0 Å². The first-order chi connectivity index (χ1) is 17.1. The predicted octanol–water partition coefficient (Wildman–Crippen LogP) is 3.37. The third-order valence-corrected chi connectivity index (χ3v) is 6.70. The molecule has 5 rings (SSSR count). The zero-order valence-corrected chi connectivity index (χ0v) is 19.9. The quantitative estimate of drug-likeness (QED) is 0.371. The molecule has 3 aliphatic rings. The number of hydrogen-bond donors (Lipinski definition) is 1. The summed E-state index contributed by atoms with van der Waals surface area (Å²) in [5.41, 5.74) is 1.19. The number of ketones is 1. The van der Waals surface area contributed by atoms with Crippen molar-refractivity contribution in [1.29, 1.82) is 0 Å². The van der Waals surface area contributed by atoms with Crippen LogP contribution in [0, 0.1) is 0 Å². The highest BCUT2D eigenvalue weighted by atomic mass is 16.6. The van der Waals surface area contributed by atoms with Crippen molar-refractivity contribution in [2.24, 2.45) is 0 Å². The van der Waals surface area contributed by atoms with Gasteiger partial charge in [-0.05, 0) is 68.8 Å². The van der Waals surface area contributed by atoms with Crippen LogP contribution >= 0.6 is 0 Å². The Labute approximate surface area is 204 Å². The first-order valence-electron chi connectivity index (χ1n) is 12.2. The zero-order valence-electron chi connectivity index (χ0n) is 19.9. The summed E-state index contributed by atoms with van der Waals surface area (Å²) in [6, 6.07) is 11.7. The van der Waals surface area contributed by atoms with Gasteiger partial charge in [0.2, 0.25) is 0 Å². The maximum atomic E-state index is 13.3. The van der Waals surface area contributed by atoms with Crippen molar-refractivity contribution in [3.63, 3.8) is 0 Å². The largest absolute Gasteiger partial charge is 0.507 e. The van der Waals surface area contributed by atoms with Gasteiger partial charge in [-0.25, -0.2) is 0 Å². The molecule has 1 N–H and O–H groups in total. The lowest BCUT2D eigenvalue weighted by atomic mass is 9.95. The topological polar surface area (TPSA) is 88.5 Å². The lowest BCUT2D eigenvalue weighted by molar-refractivity contribution is -0.140. The van der Waals surface area contributed by atoms with Gasteiger partial charge in [-0.1, -0.05) is 12.1 Å². The molecule has 8 heteroatoms. The van der Waals surface area contributed by atoms with E-state index in [0.717, 1.165) is 31.5 Å². The van der Waals surface area contributed by atoms with E-state index in [1.165, 1.54) is 0 Å². The Kier molecular flexibility index (Phi) is 6.63. The number of nitrogens with zero attached hydrogens (tertiary/aromatic N) is 2. The Morgan fingerprint density at radius 3 is 2.57 bits per heavy atom. The number of fused-ring (bicyclic) bond motifs is 1. The standard InChI is InChI=1S/C27H30N2O6/c1-2-33-20-7-5-6-18(16-20)24-23(25(30)19-8-9-21-22(17-19)35-15-14-34-21)26(31)27(32)29(24)13-12-28-10-3-4-11-28/h5-9,16-17,24,30H,2-4,10-15H2,1H3/b25-23+. The molecule has 3 heterocycles. The molecule has 0 spiro atoms. The van der Waals surface area contributed by atoms with Crippen LogP contribution in [0.25, 0.3) is 5.76 Å². The Morgan fingerprint density at radius 2 is 1.80 bits per heavy atom. The fourth-order valence-electron chi connectivity index (χ4n) is 5.00. The molecule has 0 bridgehead atoms. The van der Waals surface area contributed by atoms with Gasteiger partial charge >= 0.3 is 0 Å². The number of hydrogen-bond acceptors (Lipinski definition) is 7. The first-order valence-corrected chi connectivity index (χ1v) is 12.2. The number of aliphatic hydroxyl groups is 1. The Balaban J connectivity index is 1.56. The molecule has 0 saturated carbocycles. The second-order valence-corrected chi connectivity index (χ2v) is 8.91. The van der Waals surface area contributed by atoms with Gasteiger partial charge in [-0.3, -0.25) is 9.59 Å². The Hall–Kier alpha value is -3.52. The normalized spacial score (nSPS) is 21.5. The minimum atomic E-state index is -0.716. The van der Waals surface area contributed by atoms with E-state index in [1.54, 1.807) is 23.1 Å². The van der Waals surface area contributed by atoms with E-state index < -0.39 is 17.7 Å². The molecule has 1 unspecified atom stereocenters. The third-order valence-electron chi connectivity index (χ3n) is 6.70. The van der Waals surface area contributed by atoms with Crippen LogP contribution in [0.5, 0.6) is 17.2 Å². The second kappa shape index (κ2) is 10.00. The molecule has 3 aliphatic heterocycles. The minimum Gasteiger partial charge on any atom is -0.507 e. The lowest BCUT2D eigenvalue weighted by Gasteiger charge is -2.27. The van der Waals surface area contributed by atoms with Gasteiger partial charge in [-0.2, -0.15) is 0 Å². The molecule has 0 radical (unpaired) electrons. The average molecular weight is 479 g/mol.